The van der Waals surface area contributed by atoms with Crippen LogP contribution in [-0.4, -0.2) is 31.6 Å². The zero-order chi connectivity index (χ0) is 14.8. The van der Waals surface area contributed by atoms with Crippen LogP contribution in [0.5, 0.6) is 0 Å². The van der Waals surface area contributed by atoms with E-state index < -0.39 is 11.7 Å². The normalized spacial score (nSPS) is 22.1. The average molecular weight is 286 g/mol. The van der Waals surface area contributed by atoms with Crippen LogP contribution >= 0.6 is 0 Å². The van der Waals surface area contributed by atoms with Gasteiger partial charge in [0.25, 0.3) is 0 Å². The molecule has 0 bridgehead atoms. The Kier molecular flexibility index (Phi) is 4.70. The number of hydrogen-bond donors (Lipinski definition) is 1. The Morgan fingerprint density at radius 3 is 2.45 bits per heavy atom. The van der Waals surface area contributed by atoms with E-state index in [1.807, 2.05) is 6.92 Å². The highest BCUT2D eigenvalue weighted by Crippen LogP contribution is 2.29. The number of rotatable bonds is 4. The SMILES string of the molecule is CC(NCC1CCN(C)C1)c1ccc(C(F)(F)F)cc1. The van der Waals surface area contributed by atoms with E-state index in [-0.39, 0.29) is 6.04 Å². The third-order valence-electron chi connectivity index (χ3n) is 3.94. The second-order valence-corrected chi connectivity index (χ2v) is 5.67. The van der Waals surface area contributed by atoms with E-state index in [0.717, 1.165) is 37.3 Å². The summed E-state index contributed by atoms with van der Waals surface area (Å²) in [6, 6.07) is 5.49. The van der Waals surface area contributed by atoms with Crippen molar-refractivity contribution in [2.75, 3.05) is 26.7 Å². The third kappa shape index (κ3) is 3.96. The summed E-state index contributed by atoms with van der Waals surface area (Å²) in [6.45, 7) is 5.11. The van der Waals surface area contributed by atoms with Crippen LogP contribution in [0.2, 0.25) is 0 Å². The van der Waals surface area contributed by atoms with Gasteiger partial charge < -0.3 is 10.2 Å². The van der Waals surface area contributed by atoms with Crippen molar-refractivity contribution >= 4 is 0 Å². The Labute approximate surface area is 118 Å². The van der Waals surface area contributed by atoms with Crippen molar-refractivity contribution in [2.45, 2.75) is 25.6 Å². The summed E-state index contributed by atoms with van der Waals surface area (Å²) >= 11 is 0. The highest BCUT2D eigenvalue weighted by molar-refractivity contribution is 5.26. The van der Waals surface area contributed by atoms with Gasteiger partial charge in [0.15, 0.2) is 0 Å². The average Bonchev–Trinajstić information content (AvgIpc) is 2.81. The van der Waals surface area contributed by atoms with Crippen molar-refractivity contribution in [2.24, 2.45) is 5.92 Å². The Hall–Kier alpha value is -1.07. The topological polar surface area (TPSA) is 15.3 Å². The summed E-state index contributed by atoms with van der Waals surface area (Å²) in [5.41, 5.74) is 0.301. The Morgan fingerprint density at radius 1 is 1.30 bits per heavy atom. The summed E-state index contributed by atoms with van der Waals surface area (Å²) in [5, 5.41) is 3.41. The lowest BCUT2D eigenvalue weighted by atomic mass is 10.0. The zero-order valence-electron chi connectivity index (χ0n) is 11.9. The molecule has 0 aliphatic carbocycles. The molecule has 1 heterocycles. The standard InChI is InChI=1S/C15H21F3N2/c1-11(19-9-12-7-8-20(2)10-12)13-3-5-14(6-4-13)15(16,17)18/h3-6,11-12,19H,7-10H2,1-2H3. The largest absolute Gasteiger partial charge is 0.416 e. The van der Waals surface area contributed by atoms with Crippen LogP contribution in [0, 0.1) is 5.92 Å². The van der Waals surface area contributed by atoms with E-state index in [0.29, 0.717) is 5.92 Å². The predicted octanol–water partition coefficient (Wildman–Crippen LogP) is 3.31. The minimum absolute atomic E-state index is 0.0724. The molecule has 2 rings (SSSR count). The second-order valence-electron chi connectivity index (χ2n) is 5.67. The molecular weight excluding hydrogens is 265 g/mol. The monoisotopic (exact) mass is 286 g/mol. The molecule has 5 heteroatoms. The molecule has 1 aliphatic heterocycles. The first-order valence-corrected chi connectivity index (χ1v) is 6.95. The number of hydrogen-bond acceptors (Lipinski definition) is 2. The minimum atomic E-state index is -4.26. The molecule has 2 nitrogen and oxygen atoms in total. The molecule has 1 N–H and O–H groups in total. The van der Waals surface area contributed by atoms with Crippen LogP contribution in [0.1, 0.15) is 30.5 Å². The van der Waals surface area contributed by atoms with Crippen LogP contribution < -0.4 is 5.32 Å². The molecule has 0 saturated carbocycles. The fraction of sp³-hybridized carbons (Fsp3) is 0.600. The maximum atomic E-state index is 12.5. The van der Waals surface area contributed by atoms with Crippen LogP contribution in [-0.2, 0) is 6.18 Å². The van der Waals surface area contributed by atoms with Crippen LogP contribution in [0.3, 0.4) is 0 Å². The smallest absolute Gasteiger partial charge is 0.310 e. The van der Waals surface area contributed by atoms with E-state index in [2.05, 4.69) is 17.3 Å². The van der Waals surface area contributed by atoms with E-state index in [1.54, 1.807) is 12.1 Å². The number of likely N-dealkylation sites (tertiary alicyclic amines) is 1. The molecular formula is C15H21F3N2. The molecule has 0 amide bonds. The van der Waals surface area contributed by atoms with Crippen LogP contribution in [0.25, 0.3) is 0 Å². The lowest BCUT2D eigenvalue weighted by Gasteiger charge is -2.18. The maximum Gasteiger partial charge on any atom is 0.416 e. The third-order valence-corrected chi connectivity index (χ3v) is 3.94. The van der Waals surface area contributed by atoms with Gasteiger partial charge in [-0.25, -0.2) is 0 Å². The van der Waals surface area contributed by atoms with Crippen molar-refractivity contribution in [1.82, 2.24) is 10.2 Å². The van der Waals surface area contributed by atoms with Crippen molar-refractivity contribution < 1.29 is 13.2 Å². The lowest BCUT2D eigenvalue weighted by Crippen LogP contribution is -2.27. The molecule has 1 aromatic carbocycles. The Bertz CT molecular complexity index is 428. The van der Waals surface area contributed by atoms with Gasteiger partial charge in [-0.1, -0.05) is 12.1 Å². The molecule has 112 valence electrons. The van der Waals surface area contributed by atoms with Crippen LogP contribution in [0.15, 0.2) is 24.3 Å². The van der Waals surface area contributed by atoms with Crippen molar-refractivity contribution in [3.05, 3.63) is 35.4 Å². The minimum Gasteiger partial charge on any atom is -0.310 e. The summed E-state index contributed by atoms with van der Waals surface area (Å²) in [4.78, 5) is 2.30. The highest BCUT2D eigenvalue weighted by Gasteiger charge is 2.30. The summed E-state index contributed by atoms with van der Waals surface area (Å²) in [5.74, 6) is 0.636. The quantitative estimate of drug-likeness (QED) is 0.913. The summed E-state index contributed by atoms with van der Waals surface area (Å²) < 4.78 is 37.5. The first kappa shape index (κ1) is 15.3. The van der Waals surface area contributed by atoms with Gasteiger partial charge in [-0.05, 0) is 57.1 Å². The van der Waals surface area contributed by atoms with Gasteiger partial charge in [-0.15, -0.1) is 0 Å². The van der Waals surface area contributed by atoms with Gasteiger partial charge in [-0.2, -0.15) is 13.2 Å². The lowest BCUT2D eigenvalue weighted by molar-refractivity contribution is -0.137. The van der Waals surface area contributed by atoms with Crippen molar-refractivity contribution in [3.8, 4) is 0 Å². The molecule has 0 spiro atoms. The van der Waals surface area contributed by atoms with Gasteiger partial charge in [0.05, 0.1) is 5.56 Å². The number of benzene rings is 1. The van der Waals surface area contributed by atoms with E-state index >= 15 is 0 Å². The Balaban J connectivity index is 1.87. The predicted molar refractivity (Wildman–Crippen MR) is 73.5 cm³/mol. The first-order valence-electron chi connectivity index (χ1n) is 6.95. The molecule has 1 aromatic rings. The van der Waals surface area contributed by atoms with E-state index in [9.17, 15) is 13.2 Å². The molecule has 20 heavy (non-hydrogen) atoms. The van der Waals surface area contributed by atoms with Gasteiger partial charge in [0.2, 0.25) is 0 Å². The van der Waals surface area contributed by atoms with Gasteiger partial charge in [0.1, 0.15) is 0 Å². The van der Waals surface area contributed by atoms with Crippen molar-refractivity contribution in [1.29, 1.82) is 0 Å². The fourth-order valence-electron chi connectivity index (χ4n) is 2.61. The second kappa shape index (κ2) is 6.14. The summed E-state index contributed by atoms with van der Waals surface area (Å²) in [6.07, 6.45) is -3.08. The van der Waals surface area contributed by atoms with Gasteiger partial charge in [0, 0.05) is 12.6 Å². The molecule has 0 radical (unpaired) electrons. The van der Waals surface area contributed by atoms with E-state index in [4.69, 9.17) is 0 Å². The first-order chi connectivity index (χ1) is 9.36. The zero-order valence-corrected chi connectivity index (χ0v) is 11.9. The number of nitrogens with one attached hydrogen (secondary N) is 1. The Morgan fingerprint density at radius 2 is 1.95 bits per heavy atom. The van der Waals surface area contributed by atoms with E-state index in [1.165, 1.54) is 6.42 Å². The van der Waals surface area contributed by atoms with Crippen LogP contribution in [0.4, 0.5) is 13.2 Å². The molecule has 1 fully saturated rings. The van der Waals surface area contributed by atoms with Gasteiger partial charge in [-0.3, -0.25) is 0 Å². The number of nitrogens with zero attached hydrogens (tertiary/aromatic N) is 1. The maximum absolute atomic E-state index is 12.5. The number of alkyl halides is 3. The fourth-order valence-corrected chi connectivity index (χ4v) is 2.61. The molecule has 2 atom stereocenters. The highest BCUT2D eigenvalue weighted by atomic mass is 19.4. The number of halogens is 3. The van der Waals surface area contributed by atoms with Gasteiger partial charge >= 0.3 is 6.18 Å². The molecule has 1 saturated heterocycles. The molecule has 1 aliphatic rings. The molecule has 0 aromatic heterocycles. The molecule has 2 unspecified atom stereocenters. The summed E-state index contributed by atoms with van der Waals surface area (Å²) in [7, 11) is 2.11. The van der Waals surface area contributed by atoms with Crippen molar-refractivity contribution in [3.63, 3.8) is 0 Å².